The summed E-state index contributed by atoms with van der Waals surface area (Å²) in [7, 11) is 1.56. The predicted molar refractivity (Wildman–Crippen MR) is 101 cm³/mol. The molecule has 0 fully saturated rings. The fourth-order valence-corrected chi connectivity index (χ4v) is 3.07. The highest BCUT2D eigenvalue weighted by Crippen LogP contribution is 2.34. The molecule has 0 aliphatic carbocycles. The Bertz CT molecular complexity index is 1110. The van der Waals surface area contributed by atoms with Crippen LogP contribution in [0.15, 0.2) is 54.9 Å². The molecule has 0 unspecified atom stereocenters. The van der Waals surface area contributed by atoms with Gasteiger partial charge in [-0.1, -0.05) is 24.3 Å². The molecular weight excluding hydrogens is 330 g/mol. The first-order valence-corrected chi connectivity index (χ1v) is 8.11. The Labute approximate surface area is 149 Å². The largest absolute Gasteiger partial charge is 0.507 e. The number of ether oxygens (including phenoxy) is 1. The number of benzene rings is 3. The van der Waals surface area contributed by atoms with E-state index in [1.807, 2.05) is 30.3 Å². The van der Waals surface area contributed by atoms with Gasteiger partial charge in [0.15, 0.2) is 0 Å². The summed E-state index contributed by atoms with van der Waals surface area (Å²) >= 11 is 0. The van der Waals surface area contributed by atoms with Crippen molar-refractivity contribution < 1.29 is 14.9 Å². The van der Waals surface area contributed by atoms with Gasteiger partial charge >= 0.3 is 0 Å². The van der Waals surface area contributed by atoms with Gasteiger partial charge in [0.25, 0.3) is 0 Å². The van der Waals surface area contributed by atoms with Gasteiger partial charge < -0.3 is 20.3 Å². The lowest BCUT2D eigenvalue weighted by Crippen LogP contribution is -1.99. The van der Waals surface area contributed by atoms with Gasteiger partial charge in [0.1, 0.15) is 23.6 Å². The van der Waals surface area contributed by atoms with Crippen molar-refractivity contribution in [2.75, 3.05) is 12.4 Å². The molecule has 1 aromatic heterocycles. The molecule has 4 rings (SSSR count). The quantitative estimate of drug-likeness (QED) is 0.521. The number of aromatic hydroxyl groups is 1. The summed E-state index contributed by atoms with van der Waals surface area (Å²) in [5.41, 5.74) is 2.19. The number of hydrogen-bond acceptors (Lipinski definition) is 6. The highest BCUT2D eigenvalue weighted by atomic mass is 16.5. The van der Waals surface area contributed by atoms with E-state index in [1.165, 1.54) is 6.33 Å². The van der Waals surface area contributed by atoms with Crippen molar-refractivity contribution in [3.63, 3.8) is 0 Å². The molecule has 130 valence electrons. The van der Waals surface area contributed by atoms with Crippen LogP contribution in [0.25, 0.3) is 21.7 Å². The number of anilines is 2. The molecule has 0 bridgehead atoms. The van der Waals surface area contributed by atoms with Gasteiger partial charge in [0.05, 0.1) is 19.2 Å². The van der Waals surface area contributed by atoms with Crippen LogP contribution in [0.2, 0.25) is 0 Å². The topological polar surface area (TPSA) is 87.5 Å². The number of nitrogens with zero attached hydrogens (tertiary/aromatic N) is 2. The van der Waals surface area contributed by atoms with E-state index in [0.29, 0.717) is 22.6 Å². The molecule has 1 heterocycles. The molecule has 0 saturated carbocycles. The normalized spacial score (nSPS) is 11.0. The maximum Gasteiger partial charge on any atom is 0.141 e. The van der Waals surface area contributed by atoms with Crippen molar-refractivity contribution in [3.05, 3.63) is 60.4 Å². The molecule has 26 heavy (non-hydrogen) atoms. The molecule has 6 heteroatoms. The fourth-order valence-electron chi connectivity index (χ4n) is 3.07. The predicted octanol–water partition coefficient (Wildman–Crippen LogP) is 3.73. The molecule has 4 aromatic rings. The van der Waals surface area contributed by atoms with Crippen molar-refractivity contribution >= 4 is 33.2 Å². The van der Waals surface area contributed by atoms with Crippen LogP contribution in [-0.2, 0) is 6.61 Å². The number of nitrogens with one attached hydrogen (secondary N) is 1. The maximum absolute atomic E-state index is 10.1. The van der Waals surface area contributed by atoms with Gasteiger partial charge in [0, 0.05) is 27.4 Å². The smallest absolute Gasteiger partial charge is 0.141 e. The second kappa shape index (κ2) is 6.50. The van der Waals surface area contributed by atoms with Crippen molar-refractivity contribution in [1.29, 1.82) is 0 Å². The lowest BCUT2D eigenvalue weighted by molar-refractivity contribution is 0.274. The molecule has 0 aliphatic rings. The Morgan fingerprint density at radius 1 is 1.00 bits per heavy atom. The second-order valence-electron chi connectivity index (χ2n) is 5.86. The Kier molecular flexibility index (Phi) is 4.02. The summed E-state index contributed by atoms with van der Waals surface area (Å²) in [5, 5.41) is 25.3. The Morgan fingerprint density at radius 2 is 1.81 bits per heavy atom. The third-order valence-electron chi connectivity index (χ3n) is 4.36. The zero-order valence-electron chi connectivity index (χ0n) is 14.1. The minimum atomic E-state index is -0.130. The number of aromatic nitrogens is 2. The molecule has 0 aliphatic heterocycles. The molecule has 0 amide bonds. The van der Waals surface area contributed by atoms with Crippen LogP contribution in [0.5, 0.6) is 11.5 Å². The van der Waals surface area contributed by atoms with Crippen molar-refractivity contribution in [1.82, 2.24) is 9.97 Å². The third-order valence-corrected chi connectivity index (χ3v) is 4.36. The van der Waals surface area contributed by atoms with E-state index in [-0.39, 0.29) is 12.4 Å². The number of aliphatic hydroxyl groups is 1. The number of phenolic OH excluding ortho intramolecular Hbond substituents is 1. The maximum atomic E-state index is 10.1. The summed E-state index contributed by atoms with van der Waals surface area (Å²) < 4.78 is 5.36. The van der Waals surface area contributed by atoms with Gasteiger partial charge in [0.2, 0.25) is 0 Å². The number of rotatable bonds is 4. The van der Waals surface area contributed by atoms with Crippen LogP contribution in [0.1, 0.15) is 5.56 Å². The van der Waals surface area contributed by atoms with Gasteiger partial charge in [-0.25, -0.2) is 9.97 Å². The Hall–Kier alpha value is -3.38. The monoisotopic (exact) mass is 347 g/mol. The van der Waals surface area contributed by atoms with Gasteiger partial charge in [-0.3, -0.25) is 0 Å². The van der Waals surface area contributed by atoms with Crippen LogP contribution in [-0.4, -0.2) is 27.3 Å². The van der Waals surface area contributed by atoms with E-state index >= 15 is 0 Å². The molecule has 0 atom stereocenters. The van der Waals surface area contributed by atoms with Crippen LogP contribution >= 0.6 is 0 Å². The van der Waals surface area contributed by atoms with Crippen LogP contribution in [0.4, 0.5) is 11.5 Å². The van der Waals surface area contributed by atoms with E-state index in [2.05, 4.69) is 15.3 Å². The fraction of sp³-hybridized carbons (Fsp3) is 0.100. The van der Waals surface area contributed by atoms with Crippen molar-refractivity contribution in [3.8, 4) is 11.5 Å². The molecular formula is C20H17N3O3. The molecule has 0 spiro atoms. The lowest BCUT2D eigenvalue weighted by Gasteiger charge is -2.13. The number of aliphatic hydroxyl groups excluding tert-OH is 1. The zero-order valence-corrected chi connectivity index (χ0v) is 14.1. The Balaban J connectivity index is 1.87. The molecule has 0 saturated heterocycles. The first-order chi connectivity index (χ1) is 12.7. The number of phenols is 1. The zero-order chi connectivity index (χ0) is 18.1. The summed E-state index contributed by atoms with van der Waals surface area (Å²) in [4.78, 5) is 8.65. The van der Waals surface area contributed by atoms with Crippen LogP contribution in [0.3, 0.4) is 0 Å². The second-order valence-corrected chi connectivity index (χ2v) is 5.86. The number of hydrogen-bond donors (Lipinski definition) is 3. The number of methoxy groups -OCH3 is 1. The van der Waals surface area contributed by atoms with Gasteiger partial charge in [-0.15, -0.1) is 0 Å². The highest BCUT2D eigenvalue weighted by Gasteiger charge is 2.11. The van der Waals surface area contributed by atoms with Crippen LogP contribution < -0.4 is 10.1 Å². The van der Waals surface area contributed by atoms with E-state index in [1.54, 1.807) is 25.3 Å². The van der Waals surface area contributed by atoms with Gasteiger partial charge in [-0.05, 0) is 24.3 Å². The summed E-state index contributed by atoms with van der Waals surface area (Å²) in [6, 6.07) is 14.7. The minimum Gasteiger partial charge on any atom is -0.507 e. The summed E-state index contributed by atoms with van der Waals surface area (Å²) in [6.07, 6.45) is 1.47. The van der Waals surface area contributed by atoms with E-state index in [0.717, 1.165) is 21.8 Å². The first kappa shape index (κ1) is 16.1. The first-order valence-electron chi connectivity index (χ1n) is 8.11. The molecule has 6 nitrogen and oxygen atoms in total. The number of fused-ring (bicyclic) bond motifs is 2. The standard InChI is InChI=1S/C20H17N3O3/c1-26-19-9-15-17(8-12(19)10-24)21-11-22-20(15)23-16-6-2-5-14-13(16)4-3-7-18(14)25/h2-9,11,24-25H,10H2,1H3,(H,21,22,23). The molecule has 3 N–H and O–H groups in total. The summed E-state index contributed by atoms with van der Waals surface area (Å²) in [5.74, 6) is 1.43. The van der Waals surface area contributed by atoms with E-state index in [4.69, 9.17) is 4.74 Å². The highest BCUT2D eigenvalue weighted by molar-refractivity contribution is 6.01. The van der Waals surface area contributed by atoms with Crippen molar-refractivity contribution in [2.45, 2.75) is 6.61 Å². The average Bonchev–Trinajstić information content (AvgIpc) is 2.68. The average molecular weight is 347 g/mol. The van der Waals surface area contributed by atoms with Crippen molar-refractivity contribution in [2.24, 2.45) is 0 Å². The Morgan fingerprint density at radius 3 is 2.62 bits per heavy atom. The summed E-state index contributed by atoms with van der Waals surface area (Å²) in [6.45, 7) is -0.130. The lowest BCUT2D eigenvalue weighted by atomic mass is 10.1. The molecule has 3 aromatic carbocycles. The molecule has 0 radical (unpaired) electrons. The van der Waals surface area contributed by atoms with E-state index in [9.17, 15) is 10.2 Å². The SMILES string of the molecule is COc1cc2c(Nc3cccc4c(O)cccc34)ncnc2cc1CO. The minimum absolute atomic E-state index is 0.130. The van der Waals surface area contributed by atoms with E-state index < -0.39 is 0 Å². The van der Waals surface area contributed by atoms with Gasteiger partial charge in [-0.2, -0.15) is 0 Å². The van der Waals surface area contributed by atoms with Crippen LogP contribution in [0, 0.1) is 0 Å². The third kappa shape index (κ3) is 2.66.